The minimum Gasteiger partial charge on any atom is -0.490 e. The van der Waals surface area contributed by atoms with E-state index in [-0.39, 0.29) is 5.41 Å². The number of halogens is 1. The zero-order valence-corrected chi connectivity index (χ0v) is 11.3. The molecule has 0 radical (unpaired) electrons. The highest BCUT2D eigenvalue weighted by Gasteiger charge is 2.43. The largest absolute Gasteiger partial charge is 0.490 e. The smallest absolute Gasteiger partial charge is 0.175 e. The number of rotatable bonds is 2. The van der Waals surface area contributed by atoms with Crippen LogP contribution in [0.1, 0.15) is 24.8 Å². The fourth-order valence-corrected chi connectivity index (χ4v) is 2.85. The normalized spacial score (nSPS) is 20.8. The summed E-state index contributed by atoms with van der Waals surface area (Å²) in [6, 6.07) is 4.23. The molecule has 3 rings (SSSR count). The molecule has 0 atom stereocenters. The zero-order chi connectivity index (χ0) is 11.9. The molecule has 92 valence electrons. The average molecular weight is 298 g/mol. The fraction of sp³-hybridized carbons (Fsp3) is 0.538. The van der Waals surface area contributed by atoms with E-state index in [1.165, 1.54) is 18.4 Å². The Bertz CT molecular complexity index is 443. The Balaban J connectivity index is 2.03. The molecule has 0 unspecified atom stereocenters. The molecule has 2 aliphatic rings. The fourth-order valence-electron chi connectivity index (χ4n) is 2.30. The lowest BCUT2D eigenvalue weighted by atomic mass is 9.96. The highest BCUT2D eigenvalue weighted by molar-refractivity contribution is 9.10. The second-order valence-electron chi connectivity index (χ2n) is 4.82. The molecule has 1 aliphatic heterocycles. The van der Waals surface area contributed by atoms with Crippen molar-refractivity contribution in [2.75, 3.05) is 19.8 Å². The summed E-state index contributed by atoms with van der Waals surface area (Å²) >= 11 is 3.57. The summed E-state index contributed by atoms with van der Waals surface area (Å²) in [5.41, 5.74) is 7.33. The van der Waals surface area contributed by atoms with Gasteiger partial charge in [0.1, 0.15) is 0 Å². The molecule has 1 heterocycles. The van der Waals surface area contributed by atoms with Gasteiger partial charge in [0.15, 0.2) is 11.5 Å². The predicted molar refractivity (Wildman–Crippen MR) is 69.7 cm³/mol. The standard InChI is InChI=1S/C13H16BrNO2/c14-10-6-9(13(8-15)2-3-13)7-11-12(10)17-5-1-4-16-11/h6-7H,1-5,8,15H2. The molecule has 3 nitrogen and oxygen atoms in total. The summed E-state index contributed by atoms with van der Waals surface area (Å²) in [7, 11) is 0. The molecule has 0 aromatic heterocycles. The van der Waals surface area contributed by atoms with Gasteiger partial charge in [-0.05, 0) is 46.5 Å². The number of fused-ring (bicyclic) bond motifs is 1. The van der Waals surface area contributed by atoms with Crippen LogP contribution in [0.25, 0.3) is 0 Å². The van der Waals surface area contributed by atoms with E-state index in [0.29, 0.717) is 13.2 Å². The van der Waals surface area contributed by atoms with E-state index in [4.69, 9.17) is 15.2 Å². The molecule has 0 amide bonds. The van der Waals surface area contributed by atoms with Crippen molar-refractivity contribution in [3.8, 4) is 11.5 Å². The SMILES string of the molecule is NCC1(c2cc(Br)c3c(c2)OCCCO3)CC1. The van der Waals surface area contributed by atoms with Crippen molar-refractivity contribution in [1.82, 2.24) is 0 Å². The van der Waals surface area contributed by atoms with Crippen molar-refractivity contribution in [2.45, 2.75) is 24.7 Å². The van der Waals surface area contributed by atoms with E-state index >= 15 is 0 Å². The van der Waals surface area contributed by atoms with Crippen LogP contribution in [0.3, 0.4) is 0 Å². The molecule has 1 aliphatic carbocycles. The molecule has 1 saturated carbocycles. The van der Waals surface area contributed by atoms with E-state index in [1.54, 1.807) is 0 Å². The molecule has 0 bridgehead atoms. The van der Waals surface area contributed by atoms with Crippen molar-refractivity contribution >= 4 is 15.9 Å². The number of hydrogen-bond donors (Lipinski definition) is 1. The number of ether oxygens (including phenoxy) is 2. The maximum Gasteiger partial charge on any atom is 0.175 e. The number of benzene rings is 1. The summed E-state index contributed by atoms with van der Waals surface area (Å²) in [5, 5.41) is 0. The third kappa shape index (κ3) is 1.93. The van der Waals surface area contributed by atoms with Crippen molar-refractivity contribution in [1.29, 1.82) is 0 Å². The first-order chi connectivity index (χ1) is 8.25. The van der Waals surface area contributed by atoms with Crippen LogP contribution in [0.4, 0.5) is 0 Å². The lowest BCUT2D eigenvalue weighted by molar-refractivity contribution is 0.296. The molecule has 0 saturated heterocycles. The highest BCUT2D eigenvalue weighted by Crippen LogP contribution is 2.50. The minimum atomic E-state index is 0.188. The van der Waals surface area contributed by atoms with Gasteiger partial charge in [-0.1, -0.05) is 0 Å². The monoisotopic (exact) mass is 297 g/mol. The van der Waals surface area contributed by atoms with Gasteiger partial charge >= 0.3 is 0 Å². The van der Waals surface area contributed by atoms with Crippen molar-refractivity contribution < 1.29 is 9.47 Å². The number of nitrogens with two attached hydrogens (primary N) is 1. The molecule has 1 aromatic carbocycles. The Morgan fingerprint density at radius 1 is 1.24 bits per heavy atom. The highest BCUT2D eigenvalue weighted by atomic mass is 79.9. The zero-order valence-electron chi connectivity index (χ0n) is 9.67. The van der Waals surface area contributed by atoms with Crippen LogP contribution in [0.15, 0.2) is 16.6 Å². The van der Waals surface area contributed by atoms with Gasteiger partial charge in [0.25, 0.3) is 0 Å². The lowest BCUT2D eigenvalue weighted by Gasteiger charge is -2.17. The van der Waals surface area contributed by atoms with Crippen LogP contribution in [0, 0.1) is 0 Å². The van der Waals surface area contributed by atoms with E-state index in [1.807, 2.05) is 0 Å². The summed E-state index contributed by atoms with van der Waals surface area (Å²) < 4.78 is 12.4. The summed E-state index contributed by atoms with van der Waals surface area (Å²) in [6.07, 6.45) is 3.28. The van der Waals surface area contributed by atoms with Crippen molar-refractivity contribution in [3.05, 3.63) is 22.2 Å². The molecule has 4 heteroatoms. The Morgan fingerprint density at radius 3 is 2.71 bits per heavy atom. The van der Waals surface area contributed by atoms with Crippen LogP contribution < -0.4 is 15.2 Å². The average Bonchev–Trinajstić information content (AvgIpc) is 3.13. The van der Waals surface area contributed by atoms with Gasteiger partial charge < -0.3 is 15.2 Å². The van der Waals surface area contributed by atoms with E-state index < -0.39 is 0 Å². The molecule has 0 spiro atoms. The van der Waals surface area contributed by atoms with Gasteiger partial charge in [0, 0.05) is 18.4 Å². The quantitative estimate of drug-likeness (QED) is 0.913. The van der Waals surface area contributed by atoms with Gasteiger partial charge in [-0.2, -0.15) is 0 Å². The van der Waals surface area contributed by atoms with Gasteiger partial charge in [0.05, 0.1) is 17.7 Å². The first kappa shape index (κ1) is 11.4. The first-order valence-electron chi connectivity index (χ1n) is 6.05. The van der Waals surface area contributed by atoms with Crippen LogP contribution in [0.2, 0.25) is 0 Å². The molecular formula is C13H16BrNO2. The van der Waals surface area contributed by atoms with Crippen LogP contribution in [-0.4, -0.2) is 19.8 Å². The molecular weight excluding hydrogens is 282 g/mol. The summed E-state index contributed by atoms with van der Waals surface area (Å²) in [6.45, 7) is 2.14. The molecule has 1 aromatic rings. The van der Waals surface area contributed by atoms with Crippen molar-refractivity contribution in [2.24, 2.45) is 5.73 Å². The Kier molecular flexibility index (Phi) is 2.79. The third-order valence-corrected chi connectivity index (χ3v) is 4.25. The van der Waals surface area contributed by atoms with E-state index in [0.717, 1.165) is 29.0 Å². The van der Waals surface area contributed by atoms with Gasteiger partial charge in [-0.3, -0.25) is 0 Å². The second-order valence-corrected chi connectivity index (χ2v) is 5.67. The van der Waals surface area contributed by atoms with Gasteiger partial charge in [-0.15, -0.1) is 0 Å². The van der Waals surface area contributed by atoms with E-state index in [9.17, 15) is 0 Å². The van der Waals surface area contributed by atoms with Gasteiger partial charge in [0.2, 0.25) is 0 Å². The van der Waals surface area contributed by atoms with Crippen LogP contribution in [0.5, 0.6) is 11.5 Å². The van der Waals surface area contributed by atoms with E-state index in [2.05, 4.69) is 28.1 Å². The lowest BCUT2D eigenvalue weighted by Crippen LogP contribution is -2.19. The maximum atomic E-state index is 5.87. The Labute approximate surface area is 109 Å². The summed E-state index contributed by atoms with van der Waals surface area (Å²) in [4.78, 5) is 0. The Hall–Kier alpha value is -0.740. The number of hydrogen-bond acceptors (Lipinski definition) is 3. The topological polar surface area (TPSA) is 44.5 Å². The third-order valence-electron chi connectivity index (χ3n) is 3.66. The maximum absolute atomic E-state index is 5.87. The molecule has 2 N–H and O–H groups in total. The predicted octanol–water partition coefficient (Wildman–Crippen LogP) is 2.60. The minimum absolute atomic E-state index is 0.188. The van der Waals surface area contributed by atoms with Crippen molar-refractivity contribution in [3.63, 3.8) is 0 Å². The first-order valence-corrected chi connectivity index (χ1v) is 6.84. The summed E-state index contributed by atoms with van der Waals surface area (Å²) in [5.74, 6) is 1.69. The Morgan fingerprint density at radius 2 is 2.00 bits per heavy atom. The van der Waals surface area contributed by atoms with Gasteiger partial charge in [-0.25, -0.2) is 0 Å². The second kappa shape index (κ2) is 4.18. The van der Waals surface area contributed by atoms with Crippen LogP contribution in [-0.2, 0) is 5.41 Å². The van der Waals surface area contributed by atoms with Crippen LogP contribution >= 0.6 is 15.9 Å². The molecule has 17 heavy (non-hydrogen) atoms. The molecule has 1 fully saturated rings.